The lowest BCUT2D eigenvalue weighted by Crippen LogP contribution is -2.47. The zero-order valence-electron chi connectivity index (χ0n) is 17.8. The van der Waals surface area contributed by atoms with Crippen LogP contribution < -0.4 is 10.1 Å². The standard InChI is InChI=1S/C24H29ClN2O3/c1-24(2,3)18-6-4-17(5-7-18)23(29)26-20-12-14-27(15-13-20)22(28)16-30-21-10-8-19(25)9-11-21/h4-11,20H,12-16H2,1-3H3,(H,26,29). The lowest BCUT2D eigenvalue weighted by molar-refractivity contribution is -0.134. The van der Waals surface area contributed by atoms with Crippen LogP contribution in [-0.2, 0) is 10.2 Å². The summed E-state index contributed by atoms with van der Waals surface area (Å²) in [6.45, 7) is 7.67. The third-order valence-corrected chi connectivity index (χ3v) is 5.62. The first-order valence-electron chi connectivity index (χ1n) is 10.3. The minimum atomic E-state index is -0.0636. The highest BCUT2D eigenvalue weighted by Gasteiger charge is 2.24. The molecule has 1 saturated heterocycles. The van der Waals surface area contributed by atoms with Crippen LogP contribution in [0.15, 0.2) is 48.5 Å². The fourth-order valence-electron chi connectivity index (χ4n) is 3.43. The summed E-state index contributed by atoms with van der Waals surface area (Å²) < 4.78 is 5.54. The molecule has 5 nitrogen and oxygen atoms in total. The largest absolute Gasteiger partial charge is 0.484 e. The van der Waals surface area contributed by atoms with Gasteiger partial charge in [-0.25, -0.2) is 0 Å². The number of likely N-dealkylation sites (tertiary alicyclic amines) is 1. The Morgan fingerprint density at radius 2 is 1.63 bits per heavy atom. The van der Waals surface area contributed by atoms with Crippen molar-refractivity contribution in [1.82, 2.24) is 10.2 Å². The highest BCUT2D eigenvalue weighted by molar-refractivity contribution is 6.30. The molecule has 0 aromatic heterocycles. The summed E-state index contributed by atoms with van der Waals surface area (Å²) in [5, 5.41) is 3.72. The van der Waals surface area contributed by atoms with Crippen molar-refractivity contribution in [2.24, 2.45) is 0 Å². The van der Waals surface area contributed by atoms with Crippen LogP contribution in [-0.4, -0.2) is 42.5 Å². The van der Waals surface area contributed by atoms with Crippen LogP contribution in [0.2, 0.25) is 5.02 Å². The second-order valence-electron chi connectivity index (χ2n) is 8.70. The first kappa shape index (κ1) is 22.2. The molecule has 1 heterocycles. The number of rotatable bonds is 5. The van der Waals surface area contributed by atoms with Crippen molar-refractivity contribution in [2.45, 2.75) is 45.1 Å². The van der Waals surface area contributed by atoms with Gasteiger partial charge in [0.1, 0.15) is 5.75 Å². The van der Waals surface area contributed by atoms with Crippen molar-refractivity contribution in [3.05, 3.63) is 64.7 Å². The van der Waals surface area contributed by atoms with Gasteiger partial charge < -0.3 is 15.0 Å². The first-order valence-corrected chi connectivity index (χ1v) is 10.7. The Kier molecular flexibility index (Phi) is 7.03. The molecule has 1 aliphatic heterocycles. The zero-order chi connectivity index (χ0) is 21.7. The molecule has 6 heteroatoms. The first-order chi connectivity index (χ1) is 14.2. The van der Waals surface area contributed by atoms with E-state index in [0.29, 0.717) is 29.4 Å². The molecule has 1 aliphatic rings. The maximum atomic E-state index is 12.6. The maximum Gasteiger partial charge on any atom is 0.260 e. The molecule has 0 bridgehead atoms. The molecule has 1 fully saturated rings. The Morgan fingerprint density at radius 3 is 2.20 bits per heavy atom. The molecule has 0 spiro atoms. The van der Waals surface area contributed by atoms with Gasteiger partial charge in [0.15, 0.2) is 6.61 Å². The van der Waals surface area contributed by atoms with E-state index >= 15 is 0 Å². The number of ether oxygens (including phenoxy) is 1. The minimum absolute atomic E-state index is 0.00121. The predicted octanol–water partition coefficient (Wildman–Crippen LogP) is 4.44. The Bertz CT molecular complexity index is 865. The van der Waals surface area contributed by atoms with E-state index < -0.39 is 0 Å². The molecule has 2 aromatic carbocycles. The summed E-state index contributed by atoms with van der Waals surface area (Å²) >= 11 is 5.85. The van der Waals surface area contributed by atoms with Crippen LogP contribution in [0.3, 0.4) is 0 Å². The molecule has 0 aliphatic carbocycles. The van der Waals surface area contributed by atoms with E-state index in [-0.39, 0.29) is 29.9 Å². The number of halogens is 1. The van der Waals surface area contributed by atoms with Crippen LogP contribution in [0, 0.1) is 0 Å². The van der Waals surface area contributed by atoms with E-state index in [0.717, 1.165) is 12.8 Å². The fraction of sp³-hybridized carbons (Fsp3) is 0.417. The molecule has 0 saturated carbocycles. The summed E-state index contributed by atoms with van der Waals surface area (Å²) in [6.07, 6.45) is 1.47. The summed E-state index contributed by atoms with van der Waals surface area (Å²) in [5.41, 5.74) is 1.93. The minimum Gasteiger partial charge on any atom is -0.484 e. The van der Waals surface area contributed by atoms with Crippen LogP contribution in [0.25, 0.3) is 0 Å². The number of hydrogen-bond donors (Lipinski definition) is 1. The quantitative estimate of drug-likeness (QED) is 0.766. The maximum absolute atomic E-state index is 12.6. The third kappa shape index (κ3) is 5.99. The number of nitrogens with zero attached hydrogens (tertiary/aromatic N) is 1. The second-order valence-corrected chi connectivity index (χ2v) is 9.13. The van der Waals surface area contributed by atoms with E-state index in [1.54, 1.807) is 29.2 Å². The van der Waals surface area contributed by atoms with Gasteiger partial charge in [0.05, 0.1) is 0 Å². The molecule has 2 aromatic rings. The number of amides is 2. The topological polar surface area (TPSA) is 58.6 Å². The highest BCUT2D eigenvalue weighted by atomic mass is 35.5. The molecule has 160 valence electrons. The van der Waals surface area contributed by atoms with Crippen LogP contribution >= 0.6 is 11.6 Å². The van der Waals surface area contributed by atoms with Crippen molar-refractivity contribution >= 4 is 23.4 Å². The predicted molar refractivity (Wildman–Crippen MR) is 119 cm³/mol. The molecule has 0 radical (unpaired) electrons. The molecule has 2 amide bonds. The van der Waals surface area contributed by atoms with Crippen molar-refractivity contribution < 1.29 is 14.3 Å². The second kappa shape index (κ2) is 9.52. The SMILES string of the molecule is CC(C)(C)c1ccc(C(=O)NC2CCN(C(=O)COc3ccc(Cl)cc3)CC2)cc1. The fourth-order valence-corrected chi connectivity index (χ4v) is 3.56. The van der Waals surface area contributed by atoms with E-state index in [2.05, 4.69) is 26.1 Å². The van der Waals surface area contributed by atoms with Gasteiger partial charge in [0, 0.05) is 29.7 Å². The van der Waals surface area contributed by atoms with Gasteiger partial charge in [-0.15, -0.1) is 0 Å². The van der Waals surface area contributed by atoms with E-state index in [1.165, 1.54) is 5.56 Å². The highest BCUT2D eigenvalue weighted by Crippen LogP contribution is 2.22. The van der Waals surface area contributed by atoms with Gasteiger partial charge in [-0.3, -0.25) is 9.59 Å². The van der Waals surface area contributed by atoms with Crippen molar-refractivity contribution in [1.29, 1.82) is 0 Å². The van der Waals surface area contributed by atoms with E-state index in [9.17, 15) is 9.59 Å². The summed E-state index contributed by atoms with van der Waals surface area (Å²) in [7, 11) is 0. The molecule has 30 heavy (non-hydrogen) atoms. The Balaban J connectivity index is 1.44. The average molecular weight is 429 g/mol. The van der Waals surface area contributed by atoms with Crippen LogP contribution in [0.1, 0.15) is 49.5 Å². The van der Waals surface area contributed by atoms with E-state index in [1.807, 2.05) is 24.3 Å². The summed E-state index contributed by atoms with van der Waals surface area (Å²) in [6, 6.07) is 14.8. The lowest BCUT2D eigenvalue weighted by Gasteiger charge is -2.32. The average Bonchev–Trinajstić information content (AvgIpc) is 2.73. The van der Waals surface area contributed by atoms with Gasteiger partial charge in [-0.2, -0.15) is 0 Å². The van der Waals surface area contributed by atoms with Crippen molar-refractivity contribution in [2.75, 3.05) is 19.7 Å². The number of piperidine rings is 1. The van der Waals surface area contributed by atoms with Gasteiger partial charge in [-0.05, 0) is 60.2 Å². The normalized spacial score (nSPS) is 15.0. The van der Waals surface area contributed by atoms with Crippen molar-refractivity contribution in [3.63, 3.8) is 0 Å². The van der Waals surface area contributed by atoms with Gasteiger partial charge in [0.25, 0.3) is 11.8 Å². The molecular weight excluding hydrogens is 400 g/mol. The number of carbonyl (C=O) groups is 2. The molecule has 0 unspecified atom stereocenters. The Morgan fingerprint density at radius 1 is 1.03 bits per heavy atom. The van der Waals surface area contributed by atoms with Crippen LogP contribution in [0.4, 0.5) is 0 Å². The number of benzene rings is 2. The third-order valence-electron chi connectivity index (χ3n) is 5.37. The van der Waals surface area contributed by atoms with Crippen LogP contribution in [0.5, 0.6) is 5.75 Å². The zero-order valence-corrected chi connectivity index (χ0v) is 18.5. The molecule has 0 atom stereocenters. The van der Waals surface area contributed by atoms with Gasteiger partial charge >= 0.3 is 0 Å². The van der Waals surface area contributed by atoms with E-state index in [4.69, 9.17) is 16.3 Å². The number of nitrogens with one attached hydrogen (secondary N) is 1. The number of hydrogen-bond acceptors (Lipinski definition) is 3. The summed E-state index contributed by atoms with van der Waals surface area (Å²) in [5.74, 6) is 0.506. The Hall–Kier alpha value is -2.53. The molecular formula is C24H29ClN2O3. The van der Waals surface area contributed by atoms with Gasteiger partial charge in [-0.1, -0.05) is 44.5 Å². The van der Waals surface area contributed by atoms with Gasteiger partial charge in [0.2, 0.25) is 0 Å². The molecule has 1 N–H and O–H groups in total. The number of carbonyl (C=O) groups excluding carboxylic acids is 2. The summed E-state index contributed by atoms with van der Waals surface area (Å²) in [4.78, 5) is 26.7. The van der Waals surface area contributed by atoms with Crippen molar-refractivity contribution in [3.8, 4) is 5.75 Å². The lowest BCUT2D eigenvalue weighted by atomic mass is 9.86. The Labute approximate surface area is 183 Å². The smallest absolute Gasteiger partial charge is 0.260 e. The monoisotopic (exact) mass is 428 g/mol. The molecule has 3 rings (SSSR count).